The standard InChI is InChI=1S/C13H17N5O/c1-10-7-11(2)18(16-10)13-9-14-8-12(15-13)17-3-5-19-6-4-17/h7-9H,3-6H2,1-2H3. The Labute approximate surface area is 112 Å². The lowest BCUT2D eigenvalue weighted by molar-refractivity contribution is 0.122. The molecule has 3 heterocycles. The minimum Gasteiger partial charge on any atom is -0.378 e. The van der Waals surface area contributed by atoms with Crippen molar-refractivity contribution >= 4 is 5.82 Å². The highest BCUT2D eigenvalue weighted by molar-refractivity contribution is 5.40. The Kier molecular flexibility index (Phi) is 3.16. The van der Waals surface area contributed by atoms with Crippen molar-refractivity contribution in [3.05, 3.63) is 29.8 Å². The molecule has 6 nitrogen and oxygen atoms in total. The van der Waals surface area contributed by atoms with E-state index in [4.69, 9.17) is 4.74 Å². The van der Waals surface area contributed by atoms with Gasteiger partial charge in [-0.1, -0.05) is 0 Å². The van der Waals surface area contributed by atoms with Crippen LogP contribution >= 0.6 is 0 Å². The van der Waals surface area contributed by atoms with E-state index in [0.29, 0.717) is 0 Å². The van der Waals surface area contributed by atoms with Crippen molar-refractivity contribution in [3.8, 4) is 5.82 Å². The first-order valence-corrected chi connectivity index (χ1v) is 6.42. The Bertz CT molecular complexity index is 574. The average Bonchev–Trinajstić information content (AvgIpc) is 2.79. The summed E-state index contributed by atoms with van der Waals surface area (Å²) in [6, 6.07) is 2.03. The predicted octanol–water partition coefficient (Wildman–Crippen LogP) is 1.12. The molecule has 2 aromatic rings. The third kappa shape index (κ3) is 2.44. The Morgan fingerprint density at radius 1 is 1.11 bits per heavy atom. The maximum atomic E-state index is 5.35. The fraction of sp³-hybridized carbons (Fsp3) is 0.462. The van der Waals surface area contributed by atoms with Crippen LogP contribution in [0.4, 0.5) is 5.82 Å². The summed E-state index contributed by atoms with van der Waals surface area (Å²) in [5, 5.41) is 4.44. The number of hydrogen-bond donors (Lipinski definition) is 0. The van der Waals surface area contributed by atoms with Gasteiger partial charge in [0, 0.05) is 18.8 Å². The van der Waals surface area contributed by atoms with Crippen molar-refractivity contribution in [2.24, 2.45) is 0 Å². The topological polar surface area (TPSA) is 56.1 Å². The van der Waals surface area contributed by atoms with E-state index in [0.717, 1.165) is 49.3 Å². The molecule has 2 aromatic heterocycles. The molecule has 1 fully saturated rings. The van der Waals surface area contributed by atoms with Crippen molar-refractivity contribution < 1.29 is 4.74 Å². The fourth-order valence-corrected chi connectivity index (χ4v) is 2.25. The van der Waals surface area contributed by atoms with Gasteiger partial charge in [0.2, 0.25) is 0 Å². The lowest BCUT2D eigenvalue weighted by atomic mass is 10.4. The average molecular weight is 259 g/mol. The van der Waals surface area contributed by atoms with E-state index in [9.17, 15) is 0 Å². The van der Waals surface area contributed by atoms with Gasteiger partial charge in [0.1, 0.15) is 5.82 Å². The zero-order chi connectivity index (χ0) is 13.2. The fourth-order valence-electron chi connectivity index (χ4n) is 2.25. The van der Waals surface area contributed by atoms with E-state index in [2.05, 4.69) is 20.0 Å². The zero-order valence-electron chi connectivity index (χ0n) is 11.2. The Balaban J connectivity index is 1.93. The number of aromatic nitrogens is 4. The van der Waals surface area contributed by atoms with Crippen LogP contribution in [-0.2, 0) is 4.74 Å². The molecule has 0 radical (unpaired) electrons. The highest BCUT2D eigenvalue weighted by Gasteiger charge is 2.14. The second-order valence-electron chi connectivity index (χ2n) is 4.67. The molecule has 6 heteroatoms. The molecule has 0 amide bonds. The van der Waals surface area contributed by atoms with Gasteiger partial charge in [-0.15, -0.1) is 0 Å². The molecule has 1 aliphatic heterocycles. The van der Waals surface area contributed by atoms with E-state index in [1.54, 1.807) is 12.4 Å². The van der Waals surface area contributed by atoms with Crippen LogP contribution in [0.5, 0.6) is 0 Å². The van der Waals surface area contributed by atoms with Gasteiger partial charge in [-0.25, -0.2) is 9.67 Å². The smallest absolute Gasteiger partial charge is 0.174 e. The highest BCUT2D eigenvalue weighted by Crippen LogP contribution is 2.15. The van der Waals surface area contributed by atoms with Crippen molar-refractivity contribution in [1.82, 2.24) is 19.7 Å². The third-order valence-corrected chi connectivity index (χ3v) is 3.17. The first-order chi connectivity index (χ1) is 9.24. The number of rotatable bonds is 2. The second kappa shape index (κ2) is 4.97. The molecule has 0 spiro atoms. The van der Waals surface area contributed by atoms with Crippen LogP contribution in [0.2, 0.25) is 0 Å². The van der Waals surface area contributed by atoms with Gasteiger partial charge in [-0.2, -0.15) is 5.10 Å². The van der Waals surface area contributed by atoms with Gasteiger partial charge in [0.25, 0.3) is 0 Å². The molecule has 19 heavy (non-hydrogen) atoms. The minimum atomic E-state index is 0.742. The van der Waals surface area contributed by atoms with E-state index in [-0.39, 0.29) is 0 Å². The summed E-state index contributed by atoms with van der Waals surface area (Å²) in [5.74, 6) is 1.64. The van der Waals surface area contributed by atoms with Crippen molar-refractivity contribution in [1.29, 1.82) is 0 Å². The molecule has 0 saturated carbocycles. The van der Waals surface area contributed by atoms with Crippen molar-refractivity contribution in [2.45, 2.75) is 13.8 Å². The molecule has 100 valence electrons. The molecule has 0 bridgehead atoms. The van der Waals surface area contributed by atoms with Crippen molar-refractivity contribution in [3.63, 3.8) is 0 Å². The summed E-state index contributed by atoms with van der Waals surface area (Å²) in [4.78, 5) is 11.1. The summed E-state index contributed by atoms with van der Waals surface area (Å²) in [6.07, 6.45) is 3.53. The summed E-state index contributed by atoms with van der Waals surface area (Å²) in [6.45, 7) is 7.19. The van der Waals surface area contributed by atoms with Gasteiger partial charge in [0.05, 0.1) is 31.3 Å². The SMILES string of the molecule is Cc1cc(C)n(-c2cncc(N3CCOCC3)n2)n1. The summed E-state index contributed by atoms with van der Waals surface area (Å²) in [5.41, 5.74) is 2.04. The van der Waals surface area contributed by atoms with Gasteiger partial charge in [0.15, 0.2) is 5.82 Å². The van der Waals surface area contributed by atoms with E-state index in [1.165, 1.54) is 0 Å². The van der Waals surface area contributed by atoms with Crippen LogP contribution in [0.25, 0.3) is 5.82 Å². The summed E-state index contributed by atoms with van der Waals surface area (Å²) >= 11 is 0. The number of anilines is 1. The molecular weight excluding hydrogens is 242 g/mol. The molecule has 0 atom stereocenters. The van der Waals surface area contributed by atoms with Gasteiger partial charge in [-0.05, 0) is 19.9 Å². The Hall–Kier alpha value is -1.95. The summed E-state index contributed by atoms with van der Waals surface area (Å²) in [7, 11) is 0. The maximum absolute atomic E-state index is 5.35. The Morgan fingerprint density at radius 3 is 2.53 bits per heavy atom. The van der Waals surface area contributed by atoms with E-state index < -0.39 is 0 Å². The van der Waals surface area contributed by atoms with E-state index in [1.807, 2.05) is 24.6 Å². The normalized spacial score (nSPS) is 15.8. The largest absolute Gasteiger partial charge is 0.378 e. The van der Waals surface area contributed by atoms with Crippen LogP contribution in [0.1, 0.15) is 11.4 Å². The molecule has 1 saturated heterocycles. The first kappa shape index (κ1) is 12.1. The predicted molar refractivity (Wildman–Crippen MR) is 71.7 cm³/mol. The molecule has 1 aliphatic rings. The molecular formula is C13H17N5O. The van der Waals surface area contributed by atoms with Gasteiger partial charge < -0.3 is 9.64 Å². The molecule has 0 unspecified atom stereocenters. The Morgan fingerprint density at radius 2 is 1.84 bits per heavy atom. The van der Waals surface area contributed by atoms with Crippen LogP contribution in [-0.4, -0.2) is 46.1 Å². The molecule has 0 N–H and O–H groups in total. The number of hydrogen-bond acceptors (Lipinski definition) is 5. The van der Waals surface area contributed by atoms with Crippen LogP contribution in [0.3, 0.4) is 0 Å². The maximum Gasteiger partial charge on any atom is 0.174 e. The molecule has 0 aliphatic carbocycles. The monoisotopic (exact) mass is 259 g/mol. The van der Waals surface area contributed by atoms with Crippen LogP contribution in [0, 0.1) is 13.8 Å². The lowest BCUT2D eigenvalue weighted by Gasteiger charge is -2.27. The van der Waals surface area contributed by atoms with Crippen molar-refractivity contribution in [2.75, 3.05) is 31.2 Å². The molecule has 3 rings (SSSR count). The zero-order valence-corrected chi connectivity index (χ0v) is 11.2. The number of aryl methyl sites for hydroxylation is 2. The van der Waals surface area contributed by atoms with Crippen LogP contribution < -0.4 is 4.90 Å². The lowest BCUT2D eigenvalue weighted by Crippen LogP contribution is -2.37. The second-order valence-corrected chi connectivity index (χ2v) is 4.67. The third-order valence-electron chi connectivity index (χ3n) is 3.17. The van der Waals surface area contributed by atoms with Gasteiger partial charge in [-0.3, -0.25) is 4.98 Å². The quantitative estimate of drug-likeness (QED) is 0.809. The summed E-state index contributed by atoms with van der Waals surface area (Å²) < 4.78 is 7.18. The van der Waals surface area contributed by atoms with E-state index >= 15 is 0 Å². The number of morpholine rings is 1. The highest BCUT2D eigenvalue weighted by atomic mass is 16.5. The first-order valence-electron chi connectivity index (χ1n) is 6.42. The van der Waals surface area contributed by atoms with Gasteiger partial charge >= 0.3 is 0 Å². The van der Waals surface area contributed by atoms with Crippen LogP contribution in [0.15, 0.2) is 18.5 Å². The minimum absolute atomic E-state index is 0.742. The number of ether oxygens (including phenoxy) is 1. The molecule has 0 aromatic carbocycles. The number of nitrogens with zero attached hydrogens (tertiary/aromatic N) is 5.